The summed E-state index contributed by atoms with van der Waals surface area (Å²) in [5, 5.41) is 1.03. The van der Waals surface area contributed by atoms with Gasteiger partial charge in [0.25, 0.3) is 5.91 Å². The summed E-state index contributed by atoms with van der Waals surface area (Å²) in [6.45, 7) is 0.597. The van der Waals surface area contributed by atoms with Crippen LogP contribution in [0.4, 0.5) is 0 Å². The number of amides is 1. The van der Waals surface area contributed by atoms with E-state index in [4.69, 9.17) is 4.74 Å². The topological polar surface area (TPSA) is 51.5 Å². The Kier molecular flexibility index (Phi) is 3.88. The Bertz CT molecular complexity index is 720. The summed E-state index contributed by atoms with van der Waals surface area (Å²) >= 11 is 0. The number of hydrogen-bond donors (Lipinski definition) is 0. The molecule has 1 amide bonds. The summed E-state index contributed by atoms with van der Waals surface area (Å²) in [7, 11) is 3.30. The van der Waals surface area contributed by atoms with Gasteiger partial charge in [0, 0.05) is 25.2 Å². The van der Waals surface area contributed by atoms with Crippen LogP contribution in [0.5, 0.6) is 0 Å². The number of aryl methyl sites for hydroxylation is 1. The third-order valence-electron chi connectivity index (χ3n) is 4.36. The van der Waals surface area contributed by atoms with Gasteiger partial charge in [-0.3, -0.25) is 4.79 Å². The van der Waals surface area contributed by atoms with Gasteiger partial charge in [0.1, 0.15) is 6.04 Å². The van der Waals surface area contributed by atoms with Crippen LogP contribution in [0, 0.1) is 0 Å². The van der Waals surface area contributed by atoms with Gasteiger partial charge in [-0.25, -0.2) is 4.79 Å². The van der Waals surface area contributed by atoms with Crippen molar-refractivity contribution in [2.45, 2.75) is 25.3 Å². The van der Waals surface area contributed by atoms with Gasteiger partial charge in [0.15, 0.2) is 0 Å². The second-order valence-corrected chi connectivity index (χ2v) is 5.70. The molecule has 1 aliphatic heterocycles. The first-order valence-electron chi connectivity index (χ1n) is 7.56. The Morgan fingerprint density at radius 3 is 2.82 bits per heavy atom. The van der Waals surface area contributed by atoms with Crippen LogP contribution in [0.25, 0.3) is 10.9 Å². The molecular formula is C17H20N2O3. The van der Waals surface area contributed by atoms with Gasteiger partial charge in [-0.1, -0.05) is 12.1 Å². The molecule has 2 aromatic rings. The van der Waals surface area contributed by atoms with Crippen LogP contribution in [0.2, 0.25) is 0 Å². The standard InChI is InChI=1S/C17H20N2O3/c1-18-11-9-12-6-5-7-13(15(12)18)16(20)19-10-4-3-8-14(19)17(21)22-2/h5-7,9,11,14H,3-4,8,10H2,1-2H3. The molecule has 1 aromatic heterocycles. The predicted molar refractivity (Wildman–Crippen MR) is 83.6 cm³/mol. The Morgan fingerprint density at radius 1 is 1.23 bits per heavy atom. The first-order valence-corrected chi connectivity index (χ1v) is 7.56. The molecule has 116 valence electrons. The normalized spacial score (nSPS) is 18.5. The number of piperidine rings is 1. The molecule has 3 rings (SSSR count). The fraction of sp³-hybridized carbons (Fsp3) is 0.412. The number of hydrogen-bond acceptors (Lipinski definition) is 3. The van der Waals surface area contributed by atoms with E-state index < -0.39 is 6.04 Å². The SMILES string of the molecule is COC(=O)C1CCCCN1C(=O)c1cccc2ccn(C)c12. The number of methoxy groups -OCH3 is 1. The number of fused-ring (bicyclic) bond motifs is 1. The molecule has 0 radical (unpaired) electrons. The minimum atomic E-state index is -0.471. The molecule has 0 aliphatic carbocycles. The second-order valence-electron chi connectivity index (χ2n) is 5.70. The van der Waals surface area contributed by atoms with Gasteiger partial charge < -0.3 is 14.2 Å². The van der Waals surface area contributed by atoms with Crippen LogP contribution < -0.4 is 0 Å². The lowest BCUT2D eigenvalue weighted by Gasteiger charge is -2.34. The number of nitrogens with zero attached hydrogens (tertiary/aromatic N) is 2. The van der Waals surface area contributed by atoms with E-state index in [1.165, 1.54) is 7.11 Å². The first-order chi connectivity index (χ1) is 10.6. The second kappa shape index (κ2) is 5.83. The number of rotatable bonds is 2. The van der Waals surface area contributed by atoms with Crippen LogP contribution in [-0.2, 0) is 16.6 Å². The Balaban J connectivity index is 2.00. The average molecular weight is 300 g/mol. The van der Waals surface area contributed by atoms with E-state index in [-0.39, 0.29) is 11.9 Å². The third kappa shape index (κ3) is 2.36. The number of likely N-dealkylation sites (tertiary alicyclic amines) is 1. The van der Waals surface area contributed by atoms with Gasteiger partial charge in [-0.15, -0.1) is 0 Å². The monoisotopic (exact) mass is 300 g/mol. The molecule has 0 saturated carbocycles. The van der Waals surface area contributed by atoms with Crippen molar-refractivity contribution in [2.75, 3.05) is 13.7 Å². The molecule has 22 heavy (non-hydrogen) atoms. The minimum absolute atomic E-state index is 0.0949. The van der Waals surface area contributed by atoms with Gasteiger partial charge in [-0.05, 0) is 31.4 Å². The number of carbonyl (C=O) groups is 2. The lowest BCUT2D eigenvalue weighted by atomic mass is 10.00. The first kappa shape index (κ1) is 14.6. The molecule has 1 aliphatic rings. The van der Waals surface area contributed by atoms with Gasteiger partial charge >= 0.3 is 5.97 Å². The van der Waals surface area contributed by atoms with Crippen molar-refractivity contribution >= 4 is 22.8 Å². The number of para-hydroxylation sites is 1. The summed E-state index contributed by atoms with van der Waals surface area (Å²) in [4.78, 5) is 26.6. The van der Waals surface area contributed by atoms with Crippen molar-refractivity contribution in [3.63, 3.8) is 0 Å². The smallest absolute Gasteiger partial charge is 0.328 e. The highest BCUT2D eigenvalue weighted by Gasteiger charge is 2.34. The summed E-state index contributed by atoms with van der Waals surface area (Å²) in [6, 6.07) is 7.21. The highest BCUT2D eigenvalue weighted by molar-refractivity contribution is 6.07. The molecule has 2 heterocycles. The molecule has 0 bridgehead atoms. The maximum Gasteiger partial charge on any atom is 0.328 e. The number of benzene rings is 1. The van der Waals surface area contributed by atoms with Crippen LogP contribution in [0.1, 0.15) is 29.6 Å². The van der Waals surface area contributed by atoms with Gasteiger partial charge in [0.05, 0.1) is 18.2 Å². The molecule has 1 atom stereocenters. The summed E-state index contributed by atoms with van der Waals surface area (Å²) in [5.74, 6) is -0.422. The molecule has 0 N–H and O–H groups in total. The van der Waals surface area contributed by atoms with E-state index in [1.54, 1.807) is 4.90 Å². The Morgan fingerprint density at radius 2 is 2.05 bits per heavy atom. The quantitative estimate of drug-likeness (QED) is 0.800. The van der Waals surface area contributed by atoms with Crippen molar-refractivity contribution < 1.29 is 14.3 Å². The minimum Gasteiger partial charge on any atom is -0.467 e. The molecular weight excluding hydrogens is 280 g/mol. The fourth-order valence-electron chi connectivity index (χ4n) is 3.24. The number of aromatic nitrogens is 1. The Labute approximate surface area is 129 Å². The van der Waals surface area contributed by atoms with Gasteiger partial charge in [0.2, 0.25) is 0 Å². The summed E-state index contributed by atoms with van der Waals surface area (Å²) in [6.07, 6.45) is 4.47. The highest BCUT2D eigenvalue weighted by Crippen LogP contribution is 2.25. The molecule has 1 aromatic carbocycles. The molecule has 5 nitrogen and oxygen atoms in total. The lowest BCUT2D eigenvalue weighted by molar-refractivity contribution is -0.147. The van der Waals surface area contributed by atoms with Crippen molar-refractivity contribution in [1.29, 1.82) is 0 Å². The zero-order valence-corrected chi connectivity index (χ0v) is 12.9. The largest absolute Gasteiger partial charge is 0.467 e. The zero-order valence-electron chi connectivity index (χ0n) is 12.9. The van der Waals surface area contributed by atoms with Gasteiger partial charge in [-0.2, -0.15) is 0 Å². The van der Waals surface area contributed by atoms with Crippen molar-refractivity contribution in [2.24, 2.45) is 7.05 Å². The van der Waals surface area contributed by atoms with E-state index in [0.717, 1.165) is 23.7 Å². The maximum absolute atomic E-state index is 13.0. The molecule has 1 fully saturated rings. The lowest BCUT2D eigenvalue weighted by Crippen LogP contribution is -2.48. The van der Waals surface area contributed by atoms with E-state index in [0.29, 0.717) is 18.5 Å². The number of ether oxygens (including phenoxy) is 1. The highest BCUT2D eigenvalue weighted by atomic mass is 16.5. The van der Waals surface area contributed by atoms with E-state index in [2.05, 4.69) is 0 Å². The number of carbonyl (C=O) groups excluding carboxylic acids is 2. The molecule has 0 spiro atoms. The van der Waals surface area contributed by atoms with Crippen molar-refractivity contribution in [3.8, 4) is 0 Å². The van der Waals surface area contributed by atoms with E-state index >= 15 is 0 Å². The number of esters is 1. The molecule has 5 heteroatoms. The summed E-state index contributed by atoms with van der Waals surface area (Å²) in [5.41, 5.74) is 1.54. The van der Waals surface area contributed by atoms with Crippen molar-refractivity contribution in [1.82, 2.24) is 9.47 Å². The van der Waals surface area contributed by atoms with Crippen LogP contribution in [0.15, 0.2) is 30.5 Å². The molecule has 1 unspecified atom stereocenters. The average Bonchev–Trinajstić information content (AvgIpc) is 2.95. The zero-order chi connectivity index (χ0) is 15.7. The van der Waals surface area contributed by atoms with Crippen LogP contribution in [0.3, 0.4) is 0 Å². The third-order valence-corrected chi connectivity index (χ3v) is 4.36. The fourth-order valence-corrected chi connectivity index (χ4v) is 3.24. The summed E-state index contributed by atoms with van der Waals surface area (Å²) < 4.78 is 6.81. The van der Waals surface area contributed by atoms with E-state index in [1.807, 2.05) is 42.1 Å². The van der Waals surface area contributed by atoms with E-state index in [9.17, 15) is 9.59 Å². The van der Waals surface area contributed by atoms with Crippen LogP contribution in [-0.4, -0.2) is 41.0 Å². The van der Waals surface area contributed by atoms with Crippen LogP contribution >= 0.6 is 0 Å². The Hall–Kier alpha value is -2.30. The maximum atomic E-state index is 13.0. The molecule has 1 saturated heterocycles. The van der Waals surface area contributed by atoms with Crippen molar-refractivity contribution in [3.05, 3.63) is 36.0 Å². The predicted octanol–water partition coefficient (Wildman–Crippen LogP) is 2.35.